The highest BCUT2D eigenvalue weighted by Crippen LogP contribution is 2.26. The molecule has 3 amide bonds. The van der Waals surface area contributed by atoms with Crippen molar-refractivity contribution in [1.29, 1.82) is 0 Å². The normalized spacial score (nSPS) is 22.3. The zero-order valence-electron chi connectivity index (χ0n) is 13.3. The van der Waals surface area contributed by atoms with Crippen molar-refractivity contribution in [2.24, 2.45) is 0 Å². The molecule has 23 heavy (non-hydrogen) atoms. The third kappa shape index (κ3) is 3.32. The van der Waals surface area contributed by atoms with Gasteiger partial charge in [0, 0.05) is 6.54 Å². The number of hydrogen-bond donors (Lipinski definition) is 1. The van der Waals surface area contributed by atoms with E-state index in [0.29, 0.717) is 12.3 Å². The minimum atomic E-state index is -0.898. The Morgan fingerprint density at radius 1 is 1.26 bits per heavy atom. The second kappa shape index (κ2) is 6.58. The fourth-order valence-electron chi connectivity index (χ4n) is 3.10. The van der Waals surface area contributed by atoms with Gasteiger partial charge in [-0.15, -0.1) is 0 Å². The number of ether oxygens (including phenoxy) is 1. The number of nitrogens with zero attached hydrogens (tertiary/aromatic N) is 2. The minimum Gasteiger partial charge on any atom is -0.491 e. The lowest BCUT2D eigenvalue weighted by molar-refractivity contribution is -0.129. The lowest BCUT2D eigenvalue weighted by Gasteiger charge is -2.26. The third-order valence-electron chi connectivity index (χ3n) is 4.39. The van der Waals surface area contributed by atoms with Gasteiger partial charge < -0.3 is 14.7 Å². The summed E-state index contributed by atoms with van der Waals surface area (Å²) in [6, 6.07) is 6.89. The van der Waals surface area contributed by atoms with Gasteiger partial charge in [0.05, 0.1) is 6.54 Å². The molecule has 0 spiro atoms. The first-order valence-electron chi connectivity index (χ1n) is 8.06. The Bertz CT molecular complexity index is 563. The first-order chi connectivity index (χ1) is 11.1. The van der Waals surface area contributed by atoms with Crippen LogP contribution in [-0.2, 0) is 4.79 Å². The Balaban J connectivity index is 1.55. The minimum absolute atomic E-state index is 0.0173. The summed E-state index contributed by atoms with van der Waals surface area (Å²) in [6.45, 7) is 2.64. The predicted molar refractivity (Wildman–Crippen MR) is 84.1 cm³/mol. The zero-order chi connectivity index (χ0) is 16.4. The second-order valence-electron chi connectivity index (χ2n) is 6.21. The van der Waals surface area contributed by atoms with Crippen molar-refractivity contribution in [3.05, 3.63) is 29.8 Å². The van der Waals surface area contributed by atoms with Gasteiger partial charge >= 0.3 is 6.03 Å². The Morgan fingerprint density at radius 2 is 2.00 bits per heavy atom. The van der Waals surface area contributed by atoms with E-state index < -0.39 is 6.10 Å². The smallest absolute Gasteiger partial charge is 0.327 e. The number of piperidine rings is 1. The van der Waals surface area contributed by atoms with Crippen molar-refractivity contribution < 1.29 is 19.4 Å². The van der Waals surface area contributed by atoms with Crippen LogP contribution < -0.4 is 4.74 Å². The van der Waals surface area contributed by atoms with Gasteiger partial charge in [-0.05, 0) is 38.3 Å². The molecular formula is C17H22N2O4. The number of aryl methyl sites for hydroxylation is 1. The number of aliphatic hydroxyl groups is 1. The third-order valence-corrected chi connectivity index (χ3v) is 4.39. The molecule has 6 heteroatoms. The SMILES string of the molecule is Cc1ccc(OC[C@@H](O)CN2C(=O)[C@@H]3CCCCN3C2=O)cc1. The van der Waals surface area contributed by atoms with Crippen LogP contribution in [0.4, 0.5) is 4.79 Å². The standard InChI is InChI=1S/C17H22N2O4/c1-12-5-7-14(8-6-12)23-11-13(20)10-19-16(21)15-4-2-3-9-18(15)17(19)22/h5-8,13,15,20H,2-4,9-11H2,1H3/t13-,15-/m0/s1. The number of β-amino-alcohol motifs (C(OH)–C–C–N with tert-alkyl or cyclic N) is 1. The molecule has 2 saturated heterocycles. The molecule has 0 radical (unpaired) electrons. The highest BCUT2D eigenvalue weighted by molar-refractivity contribution is 6.04. The van der Waals surface area contributed by atoms with Gasteiger partial charge in [-0.3, -0.25) is 9.69 Å². The van der Waals surface area contributed by atoms with Gasteiger partial charge in [0.15, 0.2) is 0 Å². The number of carbonyl (C=O) groups excluding carboxylic acids is 2. The van der Waals surface area contributed by atoms with Crippen LogP contribution in [0.2, 0.25) is 0 Å². The summed E-state index contributed by atoms with van der Waals surface area (Å²) in [6.07, 6.45) is 1.72. The van der Waals surface area contributed by atoms with Gasteiger partial charge in [-0.25, -0.2) is 4.79 Å². The Morgan fingerprint density at radius 3 is 2.70 bits per heavy atom. The van der Waals surface area contributed by atoms with Crippen LogP contribution >= 0.6 is 0 Å². The quantitative estimate of drug-likeness (QED) is 0.836. The van der Waals surface area contributed by atoms with Crippen LogP contribution in [-0.4, -0.2) is 58.7 Å². The summed E-state index contributed by atoms with van der Waals surface area (Å²) in [4.78, 5) is 27.4. The average molecular weight is 318 g/mol. The molecule has 1 aromatic rings. The summed E-state index contributed by atoms with van der Waals surface area (Å²) >= 11 is 0. The van der Waals surface area contributed by atoms with Gasteiger partial charge in [0.1, 0.15) is 24.5 Å². The van der Waals surface area contributed by atoms with E-state index in [1.165, 1.54) is 4.90 Å². The maximum atomic E-state index is 12.3. The largest absolute Gasteiger partial charge is 0.491 e. The van der Waals surface area contributed by atoms with E-state index in [9.17, 15) is 14.7 Å². The molecule has 0 saturated carbocycles. The van der Waals surface area contributed by atoms with E-state index in [1.807, 2.05) is 31.2 Å². The molecule has 1 aromatic carbocycles. The first-order valence-corrected chi connectivity index (χ1v) is 8.06. The van der Waals surface area contributed by atoms with Crippen molar-refractivity contribution in [3.8, 4) is 5.75 Å². The number of hydrogen-bond acceptors (Lipinski definition) is 4. The molecule has 2 fully saturated rings. The van der Waals surface area contributed by atoms with Crippen LogP contribution in [0, 0.1) is 6.92 Å². The Hall–Kier alpha value is -2.08. The van der Waals surface area contributed by atoms with Gasteiger partial charge in [-0.2, -0.15) is 0 Å². The predicted octanol–water partition coefficient (Wildman–Crippen LogP) is 1.55. The highest BCUT2D eigenvalue weighted by Gasteiger charge is 2.46. The van der Waals surface area contributed by atoms with Crippen LogP contribution in [0.5, 0.6) is 5.75 Å². The second-order valence-corrected chi connectivity index (χ2v) is 6.21. The van der Waals surface area contributed by atoms with Crippen LogP contribution in [0.3, 0.4) is 0 Å². The zero-order valence-corrected chi connectivity index (χ0v) is 13.3. The summed E-state index contributed by atoms with van der Waals surface area (Å²) in [5, 5.41) is 10.1. The molecule has 0 aromatic heterocycles. The van der Waals surface area contributed by atoms with Crippen molar-refractivity contribution in [2.45, 2.75) is 38.3 Å². The maximum Gasteiger partial charge on any atom is 0.327 e. The number of benzene rings is 1. The molecule has 1 N–H and O–H groups in total. The molecule has 0 unspecified atom stereocenters. The maximum absolute atomic E-state index is 12.3. The van der Waals surface area contributed by atoms with E-state index in [1.54, 1.807) is 4.90 Å². The number of rotatable bonds is 5. The highest BCUT2D eigenvalue weighted by atomic mass is 16.5. The van der Waals surface area contributed by atoms with Crippen LogP contribution in [0.15, 0.2) is 24.3 Å². The molecule has 3 rings (SSSR count). The fourth-order valence-corrected chi connectivity index (χ4v) is 3.10. The van der Waals surface area contributed by atoms with Crippen LogP contribution in [0.1, 0.15) is 24.8 Å². The lowest BCUT2D eigenvalue weighted by Crippen LogP contribution is -2.40. The molecule has 2 aliphatic rings. The summed E-state index contributed by atoms with van der Waals surface area (Å²) in [5.74, 6) is 0.468. The number of imide groups is 1. The van der Waals surface area contributed by atoms with Crippen LogP contribution in [0.25, 0.3) is 0 Å². The first kappa shape index (κ1) is 15.8. The van der Waals surface area contributed by atoms with E-state index >= 15 is 0 Å². The fraction of sp³-hybridized carbons (Fsp3) is 0.529. The number of urea groups is 1. The topological polar surface area (TPSA) is 70.1 Å². The van der Waals surface area contributed by atoms with Crippen molar-refractivity contribution >= 4 is 11.9 Å². The molecule has 2 heterocycles. The van der Waals surface area contributed by atoms with Crippen molar-refractivity contribution in [2.75, 3.05) is 19.7 Å². The molecule has 0 bridgehead atoms. The van der Waals surface area contributed by atoms with Crippen molar-refractivity contribution in [1.82, 2.24) is 9.80 Å². The number of fused-ring (bicyclic) bond motifs is 1. The van der Waals surface area contributed by atoms with E-state index in [0.717, 1.165) is 24.8 Å². The number of amides is 3. The summed E-state index contributed by atoms with van der Waals surface area (Å²) in [7, 11) is 0. The molecule has 124 valence electrons. The Labute approximate surface area is 135 Å². The monoisotopic (exact) mass is 318 g/mol. The van der Waals surface area contributed by atoms with Gasteiger partial charge in [0.25, 0.3) is 5.91 Å². The Kier molecular flexibility index (Phi) is 4.52. The molecule has 2 atom stereocenters. The van der Waals surface area contributed by atoms with Gasteiger partial charge in [0.2, 0.25) is 0 Å². The van der Waals surface area contributed by atoms with E-state index in [4.69, 9.17) is 4.74 Å². The molecular weight excluding hydrogens is 296 g/mol. The number of aliphatic hydroxyl groups excluding tert-OH is 1. The lowest BCUT2D eigenvalue weighted by atomic mass is 10.0. The molecule has 2 aliphatic heterocycles. The van der Waals surface area contributed by atoms with Crippen molar-refractivity contribution in [3.63, 3.8) is 0 Å². The molecule has 0 aliphatic carbocycles. The molecule has 6 nitrogen and oxygen atoms in total. The van der Waals surface area contributed by atoms with E-state index in [-0.39, 0.29) is 31.1 Å². The van der Waals surface area contributed by atoms with Gasteiger partial charge in [-0.1, -0.05) is 17.7 Å². The average Bonchev–Trinajstić information content (AvgIpc) is 2.80. The summed E-state index contributed by atoms with van der Waals surface area (Å²) < 4.78 is 5.51. The number of carbonyl (C=O) groups is 2. The van der Waals surface area contributed by atoms with E-state index in [2.05, 4.69) is 0 Å². The summed E-state index contributed by atoms with van der Waals surface area (Å²) in [5.41, 5.74) is 1.13.